The predicted octanol–water partition coefficient (Wildman–Crippen LogP) is 13.5. The molecule has 0 spiro atoms. The molecule has 260 valence electrons. The molecule has 0 saturated carbocycles. The highest BCUT2D eigenvalue weighted by Crippen LogP contribution is 2.44. The van der Waals surface area contributed by atoms with E-state index in [1.165, 1.54) is 0 Å². The monoisotopic (exact) mass is 699 g/mol. The van der Waals surface area contributed by atoms with E-state index < -0.39 is 0 Å². The SMILES string of the molecule is CCC/C=C\C1(C)C=CC(c2ccc3oc4ccccc4c3c2-c2nc(-c3ccc4ccccc4c3)nc(-c3ccc4oc5ccccc5c4c3)n2)=CC1. The largest absolute Gasteiger partial charge is 0.456 e. The minimum Gasteiger partial charge on any atom is -0.456 e. The Kier molecular flexibility index (Phi) is 7.62. The van der Waals surface area contributed by atoms with Crippen molar-refractivity contribution in [3.63, 3.8) is 0 Å². The van der Waals surface area contributed by atoms with Crippen LogP contribution in [-0.4, -0.2) is 15.0 Å². The first-order chi connectivity index (χ1) is 26.5. The maximum atomic E-state index is 6.47. The molecule has 0 N–H and O–H groups in total. The van der Waals surface area contributed by atoms with Gasteiger partial charge in [-0.15, -0.1) is 0 Å². The van der Waals surface area contributed by atoms with E-state index in [2.05, 4.69) is 123 Å². The van der Waals surface area contributed by atoms with Gasteiger partial charge in [-0.25, -0.2) is 15.0 Å². The van der Waals surface area contributed by atoms with Crippen molar-refractivity contribution in [3.8, 4) is 34.2 Å². The molecule has 3 aromatic heterocycles. The fourth-order valence-corrected chi connectivity index (χ4v) is 7.82. The van der Waals surface area contributed by atoms with Gasteiger partial charge >= 0.3 is 0 Å². The molecule has 9 aromatic rings. The lowest BCUT2D eigenvalue weighted by molar-refractivity contribution is 0.555. The van der Waals surface area contributed by atoms with Crippen molar-refractivity contribution >= 4 is 60.2 Å². The molecule has 10 rings (SSSR count). The lowest BCUT2D eigenvalue weighted by Crippen LogP contribution is -2.11. The number of unbranched alkanes of at least 4 members (excludes halogenated alkanes) is 1. The molecule has 0 bridgehead atoms. The number of rotatable bonds is 7. The number of hydrogen-bond donors (Lipinski definition) is 0. The van der Waals surface area contributed by atoms with Crippen LogP contribution in [0.5, 0.6) is 0 Å². The van der Waals surface area contributed by atoms with E-state index in [1.807, 2.05) is 42.5 Å². The Bertz CT molecular complexity index is 3020. The minimum absolute atomic E-state index is 0.0369. The zero-order valence-electron chi connectivity index (χ0n) is 30.2. The highest BCUT2D eigenvalue weighted by molar-refractivity contribution is 6.14. The van der Waals surface area contributed by atoms with E-state index in [0.29, 0.717) is 17.5 Å². The summed E-state index contributed by atoms with van der Waals surface area (Å²) in [4.78, 5) is 15.9. The van der Waals surface area contributed by atoms with E-state index in [0.717, 1.165) is 102 Å². The van der Waals surface area contributed by atoms with Gasteiger partial charge in [0, 0.05) is 43.7 Å². The number of furan rings is 2. The highest BCUT2D eigenvalue weighted by atomic mass is 16.3. The van der Waals surface area contributed by atoms with E-state index >= 15 is 0 Å². The van der Waals surface area contributed by atoms with Crippen LogP contribution < -0.4 is 0 Å². The van der Waals surface area contributed by atoms with Gasteiger partial charge in [0.1, 0.15) is 22.3 Å². The van der Waals surface area contributed by atoms with Crippen LogP contribution in [0.15, 0.2) is 161 Å². The Hall–Kier alpha value is -6.59. The lowest BCUT2D eigenvalue weighted by Gasteiger charge is -2.25. The van der Waals surface area contributed by atoms with Crippen LogP contribution in [0.25, 0.3) is 94.4 Å². The Balaban J connectivity index is 1.23. The summed E-state index contributed by atoms with van der Waals surface area (Å²) in [5, 5.41) is 6.39. The van der Waals surface area contributed by atoms with Gasteiger partial charge in [0.2, 0.25) is 0 Å². The molecule has 0 saturated heterocycles. The van der Waals surface area contributed by atoms with Crippen LogP contribution in [0.2, 0.25) is 0 Å². The van der Waals surface area contributed by atoms with Gasteiger partial charge < -0.3 is 8.83 Å². The number of nitrogens with zero attached hydrogens (tertiary/aromatic N) is 3. The summed E-state index contributed by atoms with van der Waals surface area (Å²) in [6.45, 7) is 4.51. The smallest absolute Gasteiger partial charge is 0.165 e. The number of hydrogen-bond acceptors (Lipinski definition) is 5. The molecular weight excluding hydrogens is 663 g/mol. The first kappa shape index (κ1) is 32.1. The van der Waals surface area contributed by atoms with Crippen LogP contribution in [-0.2, 0) is 0 Å². The highest BCUT2D eigenvalue weighted by Gasteiger charge is 2.25. The van der Waals surface area contributed by atoms with Crippen LogP contribution in [0.4, 0.5) is 0 Å². The second-order valence-corrected chi connectivity index (χ2v) is 14.5. The van der Waals surface area contributed by atoms with E-state index in [1.54, 1.807) is 0 Å². The number of allylic oxidation sites excluding steroid dienone is 6. The summed E-state index contributed by atoms with van der Waals surface area (Å²) in [6.07, 6.45) is 14.7. The lowest BCUT2D eigenvalue weighted by atomic mass is 9.79. The average Bonchev–Trinajstić information content (AvgIpc) is 3.79. The summed E-state index contributed by atoms with van der Waals surface area (Å²) in [5.74, 6) is 1.79. The minimum atomic E-state index is -0.0369. The predicted molar refractivity (Wildman–Crippen MR) is 222 cm³/mol. The summed E-state index contributed by atoms with van der Waals surface area (Å²) in [6, 6.07) is 41.6. The number of fused-ring (bicyclic) bond motifs is 7. The molecule has 1 aliphatic carbocycles. The molecule has 0 aliphatic heterocycles. The van der Waals surface area contributed by atoms with E-state index in [4.69, 9.17) is 23.8 Å². The fourth-order valence-electron chi connectivity index (χ4n) is 7.82. The molecule has 1 atom stereocenters. The molecule has 5 nitrogen and oxygen atoms in total. The van der Waals surface area contributed by atoms with Gasteiger partial charge in [-0.1, -0.05) is 123 Å². The van der Waals surface area contributed by atoms with Crippen LogP contribution in [0.1, 0.15) is 38.7 Å². The Morgan fingerprint density at radius 2 is 1.28 bits per heavy atom. The average molecular weight is 700 g/mol. The topological polar surface area (TPSA) is 65.0 Å². The second kappa shape index (κ2) is 12.8. The first-order valence-electron chi connectivity index (χ1n) is 18.7. The van der Waals surface area contributed by atoms with Crippen molar-refractivity contribution in [1.29, 1.82) is 0 Å². The van der Waals surface area contributed by atoms with E-state index in [9.17, 15) is 0 Å². The maximum absolute atomic E-state index is 6.47. The number of para-hydroxylation sites is 2. The van der Waals surface area contributed by atoms with Gasteiger partial charge in [-0.2, -0.15) is 0 Å². The van der Waals surface area contributed by atoms with Gasteiger partial charge in [0.05, 0.1) is 0 Å². The molecule has 0 radical (unpaired) electrons. The van der Waals surface area contributed by atoms with Crippen molar-refractivity contribution in [2.45, 2.75) is 33.1 Å². The summed E-state index contributed by atoms with van der Waals surface area (Å²) in [7, 11) is 0. The van der Waals surface area contributed by atoms with Crippen molar-refractivity contribution < 1.29 is 8.83 Å². The summed E-state index contributed by atoms with van der Waals surface area (Å²) < 4.78 is 12.7. The van der Waals surface area contributed by atoms with Crippen molar-refractivity contribution in [1.82, 2.24) is 15.0 Å². The molecule has 0 amide bonds. The Morgan fingerprint density at radius 1 is 0.630 bits per heavy atom. The molecule has 1 aliphatic rings. The van der Waals surface area contributed by atoms with Crippen molar-refractivity contribution in [2.75, 3.05) is 0 Å². The molecule has 5 heteroatoms. The molecule has 0 fully saturated rings. The molecule has 3 heterocycles. The molecule has 6 aromatic carbocycles. The molecular formula is C49H37N3O2. The van der Waals surface area contributed by atoms with Gasteiger partial charge in [0.15, 0.2) is 17.5 Å². The van der Waals surface area contributed by atoms with Crippen LogP contribution >= 0.6 is 0 Å². The summed E-state index contributed by atoms with van der Waals surface area (Å²) in [5.41, 5.74) is 8.20. The van der Waals surface area contributed by atoms with Crippen LogP contribution in [0, 0.1) is 5.41 Å². The normalized spacial score (nSPS) is 16.1. The van der Waals surface area contributed by atoms with Gasteiger partial charge in [0.25, 0.3) is 0 Å². The number of benzene rings is 6. The summed E-state index contributed by atoms with van der Waals surface area (Å²) >= 11 is 0. The van der Waals surface area contributed by atoms with E-state index in [-0.39, 0.29) is 5.41 Å². The number of aromatic nitrogens is 3. The third-order valence-electron chi connectivity index (χ3n) is 10.7. The van der Waals surface area contributed by atoms with Crippen molar-refractivity contribution in [2.24, 2.45) is 5.41 Å². The Morgan fingerprint density at radius 3 is 2.07 bits per heavy atom. The quantitative estimate of drug-likeness (QED) is 0.155. The Labute approximate surface area is 313 Å². The first-order valence-corrected chi connectivity index (χ1v) is 18.7. The third kappa shape index (κ3) is 5.52. The molecule has 1 unspecified atom stereocenters. The van der Waals surface area contributed by atoms with Crippen molar-refractivity contribution in [3.05, 3.63) is 157 Å². The maximum Gasteiger partial charge on any atom is 0.165 e. The van der Waals surface area contributed by atoms with Crippen LogP contribution in [0.3, 0.4) is 0 Å². The second-order valence-electron chi connectivity index (χ2n) is 14.5. The van der Waals surface area contributed by atoms with Gasteiger partial charge in [-0.05, 0) is 83.3 Å². The third-order valence-corrected chi connectivity index (χ3v) is 10.7. The van der Waals surface area contributed by atoms with Gasteiger partial charge in [-0.3, -0.25) is 0 Å². The molecule has 54 heavy (non-hydrogen) atoms. The fraction of sp³-hybridized carbons (Fsp3) is 0.122. The zero-order chi connectivity index (χ0) is 36.2. The zero-order valence-corrected chi connectivity index (χ0v) is 30.2. The standard InChI is InChI=1S/C49H37N3O2/c1-3-4-11-26-49(2)27-24-32(25-28-49)36-21-23-43-44(38-15-8-10-17-41(38)54-43)45(36)48-51-46(34-19-18-31-12-5-6-13-33(31)29-34)50-47(52-48)35-20-22-42-39(30-35)37-14-7-9-16-40(37)53-42/h5-27,29-30H,3-4,28H2,1-2H3/b26-11-.